The van der Waals surface area contributed by atoms with Gasteiger partial charge in [-0.3, -0.25) is 9.05 Å². The Kier molecular flexibility index (Phi) is 7.42. The smallest absolute Gasteiger partial charge is 0.300 e. The summed E-state index contributed by atoms with van der Waals surface area (Å²) < 4.78 is 22.9. The highest BCUT2D eigenvalue weighted by molar-refractivity contribution is 7.51. The Bertz CT molecular complexity index is 167. The molecule has 0 saturated heterocycles. The van der Waals surface area contributed by atoms with Crippen molar-refractivity contribution in [2.45, 2.75) is 0 Å². The van der Waals surface area contributed by atoms with E-state index in [1.54, 1.807) is 0 Å². The molecule has 13 heavy (non-hydrogen) atoms. The molecule has 0 saturated carbocycles. The fourth-order valence-corrected chi connectivity index (χ4v) is 2.80. The predicted molar refractivity (Wildman–Crippen MR) is 54.6 cm³/mol. The van der Waals surface area contributed by atoms with Crippen LogP contribution in [0.25, 0.3) is 0 Å². The maximum Gasteiger partial charge on any atom is 0.407 e. The molecule has 0 aliphatic carbocycles. The summed E-state index contributed by atoms with van der Waals surface area (Å²) in [5, 5.41) is 0. The number of nitrogens with zero attached hydrogens (tertiary/aromatic N) is 1. The summed E-state index contributed by atoms with van der Waals surface area (Å²) in [6.07, 6.45) is 0. The summed E-state index contributed by atoms with van der Waals surface area (Å²) in [4.78, 5) is 0. The Morgan fingerprint density at radius 3 is 1.77 bits per heavy atom. The zero-order valence-electron chi connectivity index (χ0n) is 7.70. The van der Waals surface area contributed by atoms with E-state index < -0.39 is 7.75 Å². The van der Waals surface area contributed by atoms with Crippen molar-refractivity contribution in [3.8, 4) is 0 Å². The molecule has 0 atom stereocenters. The van der Waals surface area contributed by atoms with E-state index in [1.807, 2.05) is 0 Å². The molecule has 0 heterocycles. The second-order valence-corrected chi connectivity index (χ2v) is 5.15. The molecule has 0 aliphatic heterocycles. The van der Waals surface area contributed by atoms with Crippen molar-refractivity contribution in [3.63, 3.8) is 0 Å². The Morgan fingerprint density at radius 1 is 1.15 bits per heavy atom. The molecule has 0 rings (SSSR count). The number of hydrogen-bond donors (Lipinski definition) is 0. The normalized spacial score (nSPS) is 12.4. The Balaban J connectivity index is 4.38. The van der Waals surface area contributed by atoms with Crippen LogP contribution < -0.4 is 0 Å². The molecule has 4 nitrogen and oxygen atoms in total. The van der Waals surface area contributed by atoms with E-state index >= 15 is 0 Å². The molecule has 7 heteroatoms. The predicted octanol–water partition coefficient (Wildman–Crippen LogP) is 2.17. The summed E-state index contributed by atoms with van der Waals surface area (Å²) in [7, 11) is -0.494. The van der Waals surface area contributed by atoms with Crippen LogP contribution in [0.5, 0.6) is 0 Å². The van der Waals surface area contributed by atoms with E-state index in [1.165, 1.54) is 18.9 Å². The first-order chi connectivity index (χ1) is 6.14. The molecule has 0 bridgehead atoms. The first kappa shape index (κ1) is 13.7. The minimum absolute atomic E-state index is 0.355. The minimum Gasteiger partial charge on any atom is -0.300 e. The van der Waals surface area contributed by atoms with E-state index in [0.717, 1.165) is 0 Å². The lowest BCUT2D eigenvalue weighted by Crippen LogP contribution is -2.26. The monoisotopic (exact) mass is 249 g/mol. The number of hydrogen-bond acceptors (Lipinski definition) is 3. The van der Waals surface area contributed by atoms with E-state index in [2.05, 4.69) is 0 Å². The van der Waals surface area contributed by atoms with Gasteiger partial charge in [-0.05, 0) is 0 Å². The molecule has 0 aromatic rings. The first-order valence-electron chi connectivity index (χ1n) is 3.73. The van der Waals surface area contributed by atoms with Gasteiger partial charge in [0.25, 0.3) is 0 Å². The molecule has 0 unspecified atom stereocenters. The third kappa shape index (κ3) is 4.15. The molecule has 0 N–H and O–H groups in total. The molecule has 0 spiro atoms. The average Bonchev–Trinajstić information content (AvgIpc) is 2.16. The van der Waals surface area contributed by atoms with Crippen molar-refractivity contribution in [1.82, 2.24) is 4.67 Å². The van der Waals surface area contributed by atoms with Crippen LogP contribution in [0.2, 0.25) is 0 Å². The van der Waals surface area contributed by atoms with Gasteiger partial charge < -0.3 is 0 Å². The second kappa shape index (κ2) is 7.04. The van der Waals surface area contributed by atoms with Gasteiger partial charge in [0.2, 0.25) is 0 Å². The van der Waals surface area contributed by atoms with Crippen molar-refractivity contribution in [2.24, 2.45) is 0 Å². The third-order valence-corrected chi connectivity index (χ3v) is 3.85. The van der Waals surface area contributed by atoms with Gasteiger partial charge in [-0.2, -0.15) is 0 Å². The van der Waals surface area contributed by atoms with Crippen molar-refractivity contribution < 1.29 is 13.6 Å². The second-order valence-electron chi connectivity index (χ2n) is 2.17. The lowest BCUT2D eigenvalue weighted by Gasteiger charge is -2.26. The van der Waals surface area contributed by atoms with E-state index in [-0.39, 0.29) is 0 Å². The van der Waals surface area contributed by atoms with E-state index in [4.69, 9.17) is 32.2 Å². The zero-order chi connectivity index (χ0) is 10.3. The average molecular weight is 250 g/mol. The van der Waals surface area contributed by atoms with Gasteiger partial charge in [-0.25, -0.2) is 9.24 Å². The summed E-state index contributed by atoms with van der Waals surface area (Å²) in [5.41, 5.74) is 0. The molecular formula is C6H14Cl2NO3P. The van der Waals surface area contributed by atoms with Crippen LogP contribution in [-0.4, -0.2) is 43.7 Å². The molecule has 0 aromatic carbocycles. The van der Waals surface area contributed by atoms with Crippen molar-refractivity contribution in [3.05, 3.63) is 0 Å². The lowest BCUT2D eigenvalue weighted by atomic mass is 10.6. The van der Waals surface area contributed by atoms with Crippen LogP contribution in [0.4, 0.5) is 0 Å². The van der Waals surface area contributed by atoms with Crippen molar-refractivity contribution >= 4 is 30.9 Å². The van der Waals surface area contributed by atoms with Gasteiger partial charge in [0.05, 0.1) is 0 Å². The third-order valence-electron chi connectivity index (χ3n) is 1.49. The van der Waals surface area contributed by atoms with Crippen LogP contribution in [0.15, 0.2) is 0 Å². The van der Waals surface area contributed by atoms with Gasteiger partial charge in [0.1, 0.15) is 0 Å². The fraction of sp³-hybridized carbons (Fsp3) is 1.00. The van der Waals surface area contributed by atoms with Gasteiger partial charge in [-0.1, -0.05) is 0 Å². The maximum atomic E-state index is 11.8. The summed E-state index contributed by atoms with van der Waals surface area (Å²) in [6.45, 7) is 0.848. The molecule has 0 aromatic heterocycles. The van der Waals surface area contributed by atoms with Crippen LogP contribution in [-0.2, 0) is 13.6 Å². The van der Waals surface area contributed by atoms with Crippen LogP contribution in [0.3, 0.4) is 0 Å². The minimum atomic E-state index is -3.16. The highest BCUT2D eigenvalue weighted by atomic mass is 35.5. The number of alkyl halides is 2. The van der Waals surface area contributed by atoms with Crippen LogP contribution in [0, 0.1) is 0 Å². The highest BCUT2D eigenvalue weighted by Crippen LogP contribution is 2.49. The Hall–Kier alpha value is 0.690. The first-order valence-corrected chi connectivity index (χ1v) is 6.30. The van der Waals surface area contributed by atoms with Gasteiger partial charge in [0.15, 0.2) is 0 Å². The summed E-state index contributed by atoms with van der Waals surface area (Å²) in [6, 6.07) is 0. The molecule has 80 valence electrons. The van der Waals surface area contributed by atoms with E-state index in [9.17, 15) is 4.57 Å². The quantitative estimate of drug-likeness (QED) is 0.512. The number of rotatable bonds is 7. The molecule has 0 aliphatic rings. The van der Waals surface area contributed by atoms with Gasteiger partial charge >= 0.3 is 7.75 Å². The van der Waals surface area contributed by atoms with Gasteiger partial charge in [-0.15, -0.1) is 23.2 Å². The van der Waals surface area contributed by atoms with E-state index in [0.29, 0.717) is 24.8 Å². The molecule has 0 amide bonds. The molecule has 0 fully saturated rings. The zero-order valence-corrected chi connectivity index (χ0v) is 10.1. The molecular weight excluding hydrogens is 236 g/mol. The largest absolute Gasteiger partial charge is 0.407 e. The summed E-state index contributed by atoms with van der Waals surface area (Å²) in [5.74, 6) is 0.710. The number of halogens is 2. The Labute approximate surface area is 88.7 Å². The SMILES string of the molecule is COP(=O)(OC)N(CCCl)CCCl. The maximum absolute atomic E-state index is 11.8. The van der Waals surface area contributed by atoms with Crippen LogP contribution in [0.1, 0.15) is 0 Å². The van der Waals surface area contributed by atoms with Crippen molar-refractivity contribution in [1.29, 1.82) is 0 Å². The topological polar surface area (TPSA) is 38.8 Å². The van der Waals surface area contributed by atoms with Crippen molar-refractivity contribution in [2.75, 3.05) is 39.1 Å². The van der Waals surface area contributed by atoms with Gasteiger partial charge in [0, 0.05) is 39.1 Å². The van der Waals surface area contributed by atoms with Crippen LogP contribution >= 0.6 is 30.9 Å². The highest BCUT2D eigenvalue weighted by Gasteiger charge is 2.29. The molecule has 0 radical (unpaired) electrons. The lowest BCUT2D eigenvalue weighted by molar-refractivity contribution is 0.214. The standard InChI is InChI=1S/C6H14Cl2NO3P/c1-11-13(10,12-2)9(5-3-7)6-4-8/h3-6H2,1-2H3. The summed E-state index contributed by atoms with van der Waals surface area (Å²) >= 11 is 11.1. The Morgan fingerprint density at radius 2 is 1.54 bits per heavy atom. The fourth-order valence-electron chi connectivity index (χ4n) is 0.857.